The summed E-state index contributed by atoms with van der Waals surface area (Å²) in [7, 11) is 0. The third-order valence-corrected chi connectivity index (χ3v) is 5.81. The lowest BCUT2D eigenvalue weighted by molar-refractivity contribution is -0.142. The van der Waals surface area contributed by atoms with Crippen LogP contribution in [0.3, 0.4) is 0 Å². The molecule has 31 heavy (non-hydrogen) atoms. The van der Waals surface area contributed by atoms with Gasteiger partial charge in [0.15, 0.2) is 6.61 Å². The molecule has 0 unspecified atom stereocenters. The van der Waals surface area contributed by atoms with Crippen molar-refractivity contribution >= 4 is 38.5 Å². The number of nitrogens with one attached hydrogen (secondary N) is 1. The summed E-state index contributed by atoms with van der Waals surface area (Å²) in [5.41, 5.74) is 0.332. The van der Waals surface area contributed by atoms with E-state index in [9.17, 15) is 14.0 Å². The molecule has 5 nitrogen and oxygen atoms in total. The number of hydrogen-bond donors (Lipinski definition) is 1. The van der Waals surface area contributed by atoms with Crippen LogP contribution in [-0.4, -0.2) is 35.9 Å². The number of benzene rings is 3. The van der Waals surface area contributed by atoms with Crippen LogP contribution in [0.1, 0.15) is 19.4 Å². The number of rotatable bonds is 8. The molecule has 1 atom stereocenters. The number of carbonyl (C=O) groups excluding carboxylic acids is 2. The molecule has 2 amide bonds. The van der Waals surface area contributed by atoms with Gasteiger partial charge in [-0.1, -0.05) is 48.5 Å². The van der Waals surface area contributed by atoms with Crippen LogP contribution in [0.4, 0.5) is 4.39 Å². The maximum Gasteiger partial charge on any atom is 0.261 e. The van der Waals surface area contributed by atoms with Crippen molar-refractivity contribution in [3.63, 3.8) is 0 Å². The highest BCUT2D eigenvalue weighted by Crippen LogP contribution is 2.33. The lowest BCUT2D eigenvalue weighted by atomic mass is 10.1. The van der Waals surface area contributed by atoms with Gasteiger partial charge in [0, 0.05) is 18.7 Å². The molecule has 7 heteroatoms. The Kier molecular flexibility index (Phi) is 7.63. The molecule has 0 bridgehead atoms. The number of ether oxygens (including phenoxy) is 1. The SMILES string of the molecule is CCNC(=O)[C@H](C)N(Cc1ccccc1F)C(=O)COc1ccc2ccccc2c1Br. The van der Waals surface area contributed by atoms with Crippen LogP contribution in [0.25, 0.3) is 10.8 Å². The Labute approximate surface area is 189 Å². The fourth-order valence-electron chi connectivity index (χ4n) is 3.26. The van der Waals surface area contributed by atoms with E-state index in [2.05, 4.69) is 21.2 Å². The predicted octanol–water partition coefficient (Wildman–Crippen LogP) is 4.67. The summed E-state index contributed by atoms with van der Waals surface area (Å²) < 4.78 is 20.7. The van der Waals surface area contributed by atoms with E-state index in [4.69, 9.17) is 4.74 Å². The molecule has 3 aromatic carbocycles. The van der Waals surface area contributed by atoms with E-state index < -0.39 is 17.8 Å². The fourth-order valence-corrected chi connectivity index (χ4v) is 3.87. The Morgan fingerprint density at radius 1 is 1.10 bits per heavy atom. The Morgan fingerprint density at radius 2 is 1.81 bits per heavy atom. The second-order valence-corrected chi connectivity index (χ2v) is 7.86. The molecule has 0 spiro atoms. The van der Waals surface area contributed by atoms with Gasteiger partial charge in [0.05, 0.1) is 4.47 Å². The Hall–Kier alpha value is -2.93. The molecule has 0 aromatic heterocycles. The van der Waals surface area contributed by atoms with Crippen LogP contribution < -0.4 is 10.1 Å². The van der Waals surface area contributed by atoms with Crippen molar-refractivity contribution < 1.29 is 18.7 Å². The molecule has 0 radical (unpaired) electrons. The molecule has 1 N–H and O–H groups in total. The van der Waals surface area contributed by atoms with Gasteiger partial charge in [0.2, 0.25) is 5.91 Å². The Balaban J connectivity index is 1.80. The minimum atomic E-state index is -0.782. The second kappa shape index (κ2) is 10.4. The topological polar surface area (TPSA) is 58.6 Å². The first-order valence-electron chi connectivity index (χ1n) is 10.0. The molecule has 0 aliphatic heterocycles. The molecule has 0 saturated carbocycles. The normalized spacial score (nSPS) is 11.7. The van der Waals surface area contributed by atoms with Gasteiger partial charge in [0.1, 0.15) is 17.6 Å². The van der Waals surface area contributed by atoms with Crippen LogP contribution in [0.15, 0.2) is 65.1 Å². The summed E-state index contributed by atoms with van der Waals surface area (Å²) in [5, 5.41) is 4.71. The number of nitrogens with zero attached hydrogens (tertiary/aromatic N) is 1. The molecule has 0 heterocycles. The molecular weight excluding hydrogens is 463 g/mol. The van der Waals surface area contributed by atoms with Gasteiger partial charge in [-0.25, -0.2) is 4.39 Å². The molecule has 0 aliphatic rings. The third-order valence-electron chi connectivity index (χ3n) is 5.00. The highest BCUT2D eigenvalue weighted by Gasteiger charge is 2.27. The molecule has 0 saturated heterocycles. The largest absolute Gasteiger partial charge is 0.483 e. The van der Waals surface area contributed by atoms with Crippen LogP contribution in [0.2, 0.25) is 0 Å². The van der Waals surface area contributed by atoms with Crippen molar-refractivity contribution in [3.8, 4) is 5.75 Å². The number of amides is 2. The van der Waals surface area contributed by atoms with Gasteiger partial charge in [0.25, 0.3) is 5.91 Å². The highest BCUT2D eigenvalue weighted by atomic mass is 79.9. The lowest BCUT2D eigenvalue weighted by Crippen LogP contribution is -2.49. The number of carbonyl (C=O) groups is 2. The van der Waals surface area contributed by atoms with Gasteiger partial charge < -0.3 is 15.0 Å². The van der Waals surface area contributed by atoms with Gasteiger partial charge in [-0.15, -0.1) is 0 Å². The van der Waals surface area contributed by atoms with Crippen molar-refractivity contribution in [2.45, 2.75) is 26.4 Å². The average molecular weight is 487 g/mol. The Bertz CT molecular complexity index is 1090. The van der Waals surface area contributed by atoms with E-state index in [1.165, 1.54) is 11.0 Å². The first kappa shape index (κ1) is 22.7. The summed E-state index contributed by atoms with van der Waals surface area (Å²) >= 11 is 3.54. The van der Waals surface area contributed by atoms with Crippen molar-refractivity contribution in [1.29, 1.82) is 0 Å². The summed E-state index contributed by atoms with van der Waals surface area (Å²) in [6, 6.07) is 16.9. The highest BCUT2D eigenvalue weighted by molar-refractivity contribution is 9.10. The van der Waals surface area contributed by atoms with E-state index in [0.717, 1.165) is 15.2 Å². The van der Waals surface area contributed by atoms with Crippen molar-refractivity contribution in [1.82, 2.24) is 10.2 Å². The number of hydrogen-bond acceptors (Lipinski definition) is 3. The van der Waals surface area contributed by atoms with Crippen molar-refractivity contribution in [3.05, 3.63) is 76.5 Å². The zero-order valence-electron chi connectivity index (χ0n) is 17.4. The van der Waals surface area contributed by atoms with Crippen molar-refractivity contribution in [2.75, 3.05) is 13.2 Å². The molecule has 3 rings (SSSR count). The summed E-state index contributed by atoms with van der Waals surface area (Å²) in [4.78, 5) is 26.8. The van der Waals surface area contributed by atoms with Crippen LogP contribution in [0.5, 0.6) is 5.75 Å². The maximum atomic E-state index is 14.2. The third kappa shape index (κ3) is 5.41. The summed E-state index contributed by atoms with van der Waals surface area (Å²) in [5.74, 6) is -0.633. The van der Waals surface area contributed by atoms with Gasteiger partial charge in [-0.3, -0.25) is 9.59 Å². The van der Waals surface area contributed by atoms with Crippen molar-refractivity contribution in [2.24, 2.45) is 0 Å². The van der Waals surface area contributed by atoms with E-state index in [1.54, 1.807) is 38.1 Å². The fraction of sp³-hybridized carbons (Fsp3) is 0.250. The molecule has 0 fully saturated rings. The van der Waals surface area contributed by atoms with Gasteiger partial charge in [-0.2, -0.15) is 0 Å². The van der Waals surface area contributed by atoms with Gasteiger partial charge >= 0.3 is 0 Å². The molecule has 0 aliphatic carbocycles. The van der Waals surface area contributed by atoms with E-state index in [-0.39, 0.29) is 19.1 Å². The summed E-state index contributed by atoms with van der Waals surface area (Å²) in [6.45, 7) is 3.54. The van der Waals surface area contributed by atoms with Crippen LogP contribution in [-0.2, 0) is 16.1 Å². The minimum Gasteiger partial charge on any atom is -0.483 e. The lowest BCUT2D eigenvalue weighted by Gasteiger charge is -2.28. The number of halogens is 2. The minimum absolute atomic E-state index is 0.0357. The molecule has 3 aromatic rings. The zero-order valence-corrected chi connectivity index (χ0v) is 19.0. The predicted molar refractivity (Wildman–Crippen MR) is 122 cm³/mol. The quantitative estimate of drug-likeness (QED) is 0.503. The standard InChI is InChI=1S/C24H24BrFN2O3/c1-3-27-24(30)16(2)28(14-18-9-5-7-11-20(18)26)22(29)15-31-21-13-12-17-8-4-6-10-19(17)23(21)25/h4-13,16H,3,14-15H2,1-2H3,(H,27,30)/t16-/m0/s1. The first-order chi connectivity index (χ1) is 14.9. The molecule has 162 valence electrons. The second-order valence-electron chi connectivity index (χ2n) is 7.07. The summed E-state index contributed by atoms with van der Waals surface area (Å²) in [6.07, 6.45) is 0. The van der Waals surface area contributed by atoms with E-state index in [0.29, 0.717) is 17.9 Å². The molecular formula is C24H24BrFN2O3. The van der Waals surface area contributed by atoms with E-state index in [1.807, 2.05) is 30.3 Å². The zero-order chi connectivity index (χ0) is 22.4. The van der Waals surface area contributed by atoms with Crippen LogP contribution >= 0.6 is 15.9 Å². The smallest absolute Gasteiger partial charge is 0.261 e. The van der Waals surface area contributed by atoms with Gasteiger partial charge in [-0.05, 0) is 52.7 Å². The number of fused-ring (bicyclic) bond motifs is 1. The average Bonchev–Trinajstić information content (AvgIpc) is 2.78. The maximum absolute atomic E-state index is 14.2. The van der Waals surface area contributed by atoms with E-state index >= 15 is 0 Å². The number of likely N-dealkylation sites (N-methyl/N-ethyl adjacent to an activating group) is 1. The monoisotopic (exact) mass is 486 g/mol. The Morgan fingerprint density at radius 3 is 2.55 bits per heavy atom. The van der Waals surface area contributed by atoms with Crippen LogP contribution in [0, 0.1) is 5.82 Å². The first-order valence-corrected chi connectivity index (χ1v) is 10.8.